The fourth-order valence-corrected chi connectivity index (χ4v) is 1.84. The first-order valence-corrected chi connectivity index (χ1v) is 7.46. The van der Waals surface area contributed by atoms with E-state index >= 15 is 0 Å². The average molecular weight is 242 g/mol. The van der Waals surface area contributed by atoms with Gasteiger partial charge in [0, 0.05) is 6.42 Å². The number of hydrogen-bond donors (Lipinski definition) is 0. The molecule has 0 aliphatic heterocycles. The predicted molar refractivity (Wildman–Crippen MR) is 73.1 cm³/mol. The van der Waals surface area contributed by atoms with Crippen LogP contribution in [0.2, 0.25) is 0 Å². The molecule has 0 unspecified atom stereocenters. The molecule has 17 heavy (non-hydrogen) atoms. The van der Waals surface area contributed by atoms with Gasteiger partial charge < -0.3 is 4.74 Å². The Balaban J connectivity index is 3.11. The maximum Gasteiger partial charge on any atom is 0.305 e. The van der Waals surface area contributed by atoms with Gasteiger partial charge in [0.15, 0.2) is 0 Å². The quantitative estimate of drug-likeness (QED) is 0.361. The van der Waals surface area contributed by atoms with E-state index < -0.39 is 0 Å². The van der Waals surface area contributed by atoms with Crippen molar-refractivity contribution >= 4 is 5.97 Å². The van der Waals surface area contributed by atoms with Crippen LogP contribution in [0.25, 0.3) is 0 Å². The fraction of sp³-hybridized carbons (Fsp3) is 0.933. The third-order valence-corrected chi connectivity index (χ3v) is 3.00. The SMILES string of the molecule is CCCCCCCCOC(=O)CCCCCC. The predicted octanol–water partition coefficient (Wildman–Crippen LogP) is 4.86. The van der Waals surface area contributed by atoms with Gasteiger partial charge in [0.2, 0.25) is 0 Å². The highest BCUT2D eigenvalue weighted by molar-refractivity contribution is 5.69. The molecule has 0 rings (SSSR count). The number of ether oxygens (including phenoxy) is 1. The Bertz CT molecular complexity index is 166. The smallest absolute Gasteiger partial charge is 0.305 e. The van der Waals surface area contributed by atoms with Crippen LogP contribution in [0.15, 0.2) is 0 Å². The number of rotatable bonds is 12. The summed E-state index contributed by atoms with van der Waals surface area (Å²) in [5, 5.41) is 0. The van der Waals surface area contributed by atoms with Crippen LogP contribution in [0.5, 0.6) is 0 Å². The summed E-state index contributed by atoms with van der Waals surface area (Å²) in [6, 6.07) is 0. The van der Waals surface area contributed by atoms with E-state index in [2.05, 4.69) is 13.8 Å². The number of carbonyl (C=O) groups excluding carboxylic acids is 1. The summed E-state index contributed by atoms with van der Waals surface area (Å²) in [6.07, 6.45) is 12.6. The molecule has 0 aromatic heterocycles. The lowest BCUT2D eigenvalue weighted by Crippen LogP contribution is -2.05. The topological polar surface area (TPSA) is 26.3 Å². The van der Waals surface area contributed by atoms with E-state index in [9.17, 15) is 4.79 Å². The van der Waals surface area contributed by atoms with E-state index in [-0.39, 0.29) is 5.97 Å². The lowest BCUT2D eigenvalue weighted by atomic mass is 10.1. The monoisotopic (exact) mass is 242 g/mol. The van der Waals surface area contributed by atoms with E-state index in [1.54, 1.807) is 0 Å². The zero-order valence-electron chi connectivity index (χ0n) is 11.8. The summed E-state index contributed by atoms with van der Waals surface area (Å²) in [5.41, 5.74) is 0. The van der Waals surface area contributed by atoms with Gasteiger partial charge in [-0.25, -0.2) is 0 Å². The first-order valence-electron chi connectivity index (χ1n) is 7.46. The second-order valence-electron chi connectivity index (χ2n) is 4.80. The van der Waals surface area contributed by atoms with Crippen LogP contribution in [-0.2, 0) is 9.53 Å². The van der Waals surface area contributed by atoms with Crippen LogP contribution in [0.4, 0.5) is 0 Å². The molecule has 2 heteroatoms. The second kappa shape index (κ2) is 13.5. The summed E-state index contributed by atoms with van der Waals surface area (Å²) in [4.78, 5) is 11.3. The third kappa shape index (κ3) is 13.4. The van der Waals surface area contributed by atoms with Crippen molar-refractivity contribution in [1.29, 1.82) is 0 Å². The van der Waals surface area contributed by atoms with Crippen molar-refractivity contribution in [3.05, 3.63) is 0 Å². The van der Waals surface area contributed by atoms with Crippen molar-refractivity contribution in [3.8, 4) is 0 Å². The molecule has 0 aliphatic rings. The summed E-state index contributed by atoms with van der Waals surface area (Å²) in [7, 11) is 0. The lowest BCUT2D eigenvalue weighted by Gasteiger charge is -2.04. The molecule has 0 amide bonds. The molecule has 0 aliphatic carbocycles. The van der Waals surface area contributed by atoms with Crippen molar-refractivity contribution < 1.29 is 9.53 Å². The van der Waals surface area contributed by atoms with E-state index in [1.165, 1.54) is 44.9 Å². The number of carbonyl (C=O) groups is 1. The van der Waals surface area contributed by atoms with Crippen LogP contribution in [0, 0.1) is 0 Å². The lowest BCUT2D eigenvalue weighted by molar-refractivity contribution is -0.143. The normalized spacial score (nSPS) is 10.5. The number of unbranched alkanes of at least 4 members (excludes halogenated alkanes) is 8. The Labute approximate surface area is 107 Å². The zero-order chi connectivity index (χ0) is 12.8. The first kappa shape index (κ1) is 16.5. The molecule has 0 radical (unpaired) electrons. The summed E-state index contributed by atoms with van der Waals surface area (Å²) in [6.45, 7) is 5.02. The number of hydrogen-bond acceptors (Lipinski definition) is 2. The van der Waals surface area contributed by atoms with Crippen LogP contribution in [-0.4, -0.2) is 12.6 Å². The standard InChI is InChI=1S/C15H30O2/c1-3-5-7-9-10-12-14-17-15(16)13-11-8-6-4-2/h3-14H2,1-2H3. The van der Waals surface area contributed by atoms with Crippen LogP contribution < -0.4 is 0 Å². The van der Waals surface area contributed by atoms with Crippen molar-refractivity contribution in [2.45, 2.75) is 84.5 Å². The molecule has 2 nitrogen and oxygen atoms in total. The molecule has 0 saturated carbocycles. The third-order valence-electron chi connectivity index (χ3n) is 3.00. The van der Waals surface area contributed by atoms with E-state index in [0.29, 0.717) is 13.0 Å². The second-order valence-corrected chi connectivity index (χ2v) is 4.80. The summed E-state index contributed by atoms with van der Waals surface area (Å²) >= 11 is 0. The molecule has 0 aromatic rings. The van der Waals surface area contributed by atoms with E-state index in [0.717, 1.165) is 19.3 Å². The molecule has 0 heterocycles. The molecular weight excluding hydrogens is 212 g/mol. The fourth-order valence-electron chi connectivity index (χ4n) is 1.84. The summed E-state index contributed by atoms with van der Waals surface area (Å²) in [5.74, 6) is -0.00494. The molecule has 0 N–H and O–H groups in total. The molecule has 102 valence electrons. The molecule has 0 atom stereocenters. The minimum absolute atomic E-state index is 0.00494. The maximum atomic E-state index is 11.3. The van der Waals surface area contributed by atoms with Gasteiger partial charge >= 0.3 is 5.97 Å². The van der Waals surface area contributed by atoms with Crippen molar-refractivity contribution in [3.63, 3.8) is 0 Å². The first-order chi connectivity index (χ1) is 8.31. The van der Waals surface area contributed by atoms with Gasteiger partial charge in [-0.05, 0) is 12.8 Å². The van der Waals surface area contributed by atoms with Crippen LogP contribution in [0.1, 0.15) is 84.5 Å². The Morgan fingerprint density at radius 2 is 1.29 bits per heavy atom. The minimum Gasteiger partial charge on any atom is -0.466 e. The van der Waals surface area contributed by atoms with Crippen molar-refractivity contribution in [2.24, 2.45) is 0 Å². The molecule has 0 spiro atoms. The minimum atomic E-state index is -0.00494. The highest BCUT2D eigenvalue weighted by Crippen LogP contribution is 2.06. The zero-order valence-corrected chi connectivity index (χ0v) is 11.8. The van der Waals surface area contributed by atoms with Gasteiger partial charge in [-0.1, -0.05) is 65.2 Å². The van der Waals surface area contributed by atoms with Gasteiger partial charge in [0.25, 0.3) is 0 Å². The van der Waals surface area contributed by atoms with Crippen LogP contribution in [0.3, 0.4) is 0 Å². The Morgan fingerprint density at radius 1 is 0.765 bits per heavy atom. The molecule has 0 fully saturated rings. The Morgan fingerprint density at radius 3 is 1.94 bits per heavy atom. The highest BCUT2D eigenvalue weighted by atomic mass is 16.5. The Kier molecular flexibility index (Phi) is 13.1. The molecular formula is C15H30O2. The molecule has 0 saturated heterocycles. The van der Waals surface area contributed by atoms with Crippen molar-refractivity contribution in [1.82, 2.24) is 0 Å². The largest absolute Gasteiger partial charge is 0.466 e. The van der Waals surface area contributed by atoms with Gasteiger partial charge in [-0.15, -0.1) is 0 Å². The average Bonchev–Trinajstić information content (AvgIpc) is 2.33. The van der Waals surface area contributed by atoms with E-state index in [1.807, 2.05) is 0 Å². The summed E-state index contributed by atoms with van der Waals surface area (Å²) < 4.78 is 5.19. The van der Waals surface area contributed by atoms with Gasteiger partial charge in [-0.3, -0.25) is 4.79 Å². The molecule has 0 bridgehead atoms. The highest BCUT2D eigenvalue weighted by Gasteiger charge is 2.01. The van der Waals surface area contributed by atoms with Gasteiger partial charge in [-0.2, -0.15) is 0 Å². The van der Waals surface area contributed by atoms with Gasteiger partial charge in [0.1, 0.15) is 0 Å². The maximum absolute atomic E-state index is 11.3. The molecule has 0 aromatic carbocycles. The van der Waals surface area contributed by atoms with Gasteiger partial charge in [0.05, 0.1) is 6.61 Å². The van der Waals surface area contributed by atoms with E-state index in [4.69, 9.17) is 4.74 Å². The Hall–Kier alpha value is -0.530. The number of esters is 1. The van der Waals surface area contributed by atoms with Crippen molar-refractivity contribution in [2.75, 3.05) is 6.61 Å². The van der Waals surface area contributed by atoms with Crippen LogP contribution >= 0.6 is 0 Å².